The lowest BCUT2D eigenvalue weighted by Crippen LogP contribution is -2.26. The summed E-state index contributed by atoms with van der Waals surface area (Å²) in [4.78, 5) is 9.01. The number of hydrogen-bond acceptors (Lipinski definition) is 7. The van der Waals surface area contributed by atoms with E-state index in [1.165, 1.54) is 0 Å². The van der Waals surface area contributed by atoms with Crippen LogP contribution < -0.4 is 20.7 Å². The Balaban J connectivity index is 1.92. The van der Waals surface area contributed by atoms with Crippen molar-refractivity contribution in [3.8, 4) is 11.8 Å². The average Bonchev–Trinajstić information content (AvgIpc) is 2.66. The maximum absolute atomic E-state index is 12.4. The number of fused-ring (bicyclic) bond motifs is 4. The van der Waals surface area contributed by atoms with Gasteiger partial charge in [-0.15, -0.1) is 0 Å². The molecule has 2 heterocycles. The maximum Gasteiger partial charge on any atom is 0.240 e. The van der Waals surface area contributed by atoms with E-state index in [2.05, 4.69) is 42.5 Å². The minimum atomic E-state index is -3.55. The maximum atomic E-state index is 12.4. The zero-order chi connectivity index (χ0) is 19.1. The van der Waals surface area contributed by atoms with Crippen molar-refractivity contribution in [3.05, 3.63) is 36.0 Å². The topological polar surface area (TPSA) is 108 Å². The molecule has 4 N–H and O–H groups in total. The Labute approximate surface area is 159 Å². The van der Waals surface area contributed by atoms with Crippen LogP contribution in [0.2, 0.25) is 0 Å². The molecule has 1 aliphatic heterocycles. The van der Waals surface area contributed by atoms with Gasteiger partial charge in [0.25, 0.3) is 0 Å². The monoisotopic (exact) mass is 386 g/mol. The first-order valence-corrected chi connectivity index (χ1v) is 10.2. The van der Waals surface area contributed by atoms with Gasteiger partial charge < -0.3 is 16.0 Å². The second-order valence-electron chi connectivity index (χ2n) is 5.94. The van der Waals surface area contributed by atoms with Gasteiger partial charge in [0.05, 0.1) is 16.7 Å². The molecule has 0 amide bonds. The van der Waals surface area contributed by atoms with Gasteiger partial charge in [0.2, 0.25) is 16.0 Å². The number of rotatable bonds is 2. The number of nitrogens with one attached hydrogen (secondary N) is 4. The standard InChI is InChI=1S/C18H22N6O2S/c1-19-9-3-2-6-14-13-21-18-23-15-7-4-8-16(12-15)27(25,26)22-11-5-10-20-17(14)24-18/h4,7-8,12-13,19,22H,3,5,9-11H2,1H3,(H2,20,21,23,24). The van der Waals surface area contributed by atoms with Crippen LogP contribution in [-0.2, 0) is 10.0 Å². The Morgan fingerprint density at radius 2 is 2.19 bits per heavy atom. The van der Waals surface area contributed by atoms with E-state index >= 15 is 0 Å². The molecule has 0 fully saturated rings. The van der Waals surface area contributed by atoms with E-state index in [1.807, 2.05) is 7.05 Å². The number of nitrogens with zero attached hydrogens (tertiary/aromatic N) is 2. The minimum Gasteiger partial charge on any atom is -0.369 e. The smallest absolute Gasteiger partial charge is 0.240 e. The third-order valence-electron chi connectivity index (χ3n) is 3.85. The lowest BCUT2D eigenvalue weighted by Gasteiger charge is -2.10. The SMILES string of the molecule is CNCCC#Cc1cnc2nc1NCCCNS(=O)(=O)c1cccc(c1)N2. The van der Waals surface area contributed by atoms with Crippen molar-refractivity contribution in [2.24, 2.45) is 0 Å². The highest BCUT2D eigenvalue weighted by atomic mass is 32.2. The number of aromatic nitrogens is 2. The summed E-state index contributed by atoms with van der Waals surface area (Å²) in [5, 5.41) is 9.32. The van der Waals surface area contributed by atoms with E-state index in [9.17, 15) is 8.42 Å². The average molecular weight is 386 g/mol. The van der Waals surface area contributed by atoms with E-state index < -0.39 is 10.0 Å². The van der Waals surface area contributed by atoms with E-state index in [0.29, 0.717) is 42.5 Å². The fourth-order valence-electron chi connectivity index (χ4n) is 2.47. The van der Waals surface area contributed by atoms with Crippen molar-refractivity contribution in [2.75, 3.05) is 37.3 Å². The molecule has 3 rings (SSSR count). The van der Waals surface area contributed by atoms with Crippen LogP contribution in [0.15, 0.2) is 35.4 Å². The molecule has 0 aliphatic carbocycles. The second kappa shape index (κ2) is 8.81. The zero-order valence-corrected chi connectivity index (χ0v) is 15.9. The Kier molecular flexibility index (Phi) is 6.24. The highest BCUT2D eigenvalue weighted by Gasteiger charge is 2.15. The number of anilines is 3. The lowest BCUT2D eigenvalue weighted by atomic mass is 10.2. The molecule has 1 aromatic carbocycles. The Hall–Kier alpha value is -2.67. The first kappa shape index (κ1) is 19.1. The van der Waals surface area contributed by atoms with Gasteiger partial charge in [-0.25, -0.2) is 18.1 Å². The number of benzene rings is 1. The highest BCUT2D eigenvalue weighted by molar-refractivity contribution is 7.89. The lowest BCUT2D eigenvalue weighted by molar-refractivity contribution is 0.580. The molecule has 0 saturated heterocycles. The molecule has 9 heteroatoms. The molecule has 4 bridgehead atoms. The molecule has 27 heavy (non-hydrogen) atoms. The van der Waals surface area contributed by atoms with Crippen molar-refractivity contribution in [1.82, 2.24) is 20.0 Å². The Bertz CT molecular complexity index is 965. The summed E-state index contributed by atoms with van der Waals surface area (Å²) in [5.74, 6) is 7.18. The van der Waals surface area contributed by atoms with Gasteiger partial charge in [-0.05, 0) is 31.7 Å². The molecular weight excluding hydrogens is 364 g/mol. The predicted octanol–water partition coefficient (Wildman–Crippen LogP) is 1.28. The normalized spacial score (nSPS) is 15.6. The Morgan fingerprint density at radius 1 is 1.30 bits per heavy atom. The molecule has 0 unspecified atom stereocenters. The van der Waals surface area contributed by atoms with Crippen molar-refractivity contribution in [1.29, 1.82) is 0 Å². The molecular formula is C18H22N6O2S. The Morgan fingerprint density at radius 3 is 3.04 bits per heavy atom. The molecule has 2 aromatic rings. The van der Waals surface area contributed by atoms with Crippen LogP contribution in [0.25, 0.3) is 0 Å². The first-order valence-electron chi connectivity index (χ1n) is 8.69. The molecule has 0 atom stereocenters. The molecule has 0 radical (unpaired) electrons. The van der Waals surface area contributed by atoms with E-state index in [1.54, 1.807) is 30.5 Å². The second-order valence-corrected chi connectivity index (χ2v) is 7.71. The predicted molar refractivity (Wildman–Crippen MR) is 105 cm³/mol. The van der Waals surface area contributed by atoms with Gasteiger partial charge in [-0.1, -0.05) is 17.9 Å². The van der Waals surface area contributed by atoms with E-state index in [4.69, 9.17) is 0 Å². The van der Waals surface area contributed by atoms with E-state index in [0.717, 1.165) is 13.0 Å². The zero-order valence-electron chi connectivity index (χ0n) is 15.0. The summed E-state index contributed by atoms with van der Waals surface area (Å²) in [6, 6.07) is 6.56. The van der Waals surface area contributed by atoms with Gasteiger partial charge in [0.1, 0.15) is 5.82 Å². The molecule has 8 nitrogen and oxygen atoms in total. The molecule has 1 aliphatic rings. The van der Waals surface area contributed by atoms with Crippen LogP contribution in [0, 0.1) is 11.8 Å². The molecule has 1 aromatic heterocycles. The largest absolute Gasteiger partial charge is 0.369 e. The summed E-state index contributed by atoms with van der Waals surface area (Å²) in [5.41, 5.74) is 1.30. The summed E-state index contributed by atoms with van der Waals surface area (Å²) in [6.07, 6.45) is 3.01. The van der Waals surface area contributed by atoms with Crippen LogP contribution in [-0.4, -0.2) is 45.1 Å². The fourth-order valence-corrected chi connectivity index (χ4v) is 3.59. The fraction of sp³-hybridized carbons (Fsp3) is 0.333. The molecule has 0 spiro atoms. The van der Waals surface area contributed by atoms with Crippen molar-refractivity contribution in [3.63, 3.8) is 0 Å². The van der Waals surface area contributed by atoms with Crippen LogP contribution in [0.3, 0.4) is 0 Å². The number of sulfonamides is 1. The van der Waals surface area contributed by atoms with Crippen LogP contribution in [0.1, 0.15) is 18.4 Å². The third kappa shape index (κ3) is 5.17. The summed E-state index contributed by atoms with van der Waals surface area (Å²) in [6.45, 7) is 1.70. The van der Waals surface area contributed by atoms with E-state index in [-0.39, 0.29) is 4.90 Å². The van der Waals surface area contributed by atoms with Gasteiger partial charge in [0.15, 0.2) is 0 Å². The van der Waals surface area contributed by atoms with Gasteiger partial charge >= 0.3 is 0 Å². The first-order chi connectivity index (χ1) is 13.1. The van der Waals surface area contributed by atoms with Gasteiger partial charge in [-0.2, -0.15) is 4.98 Å². The van der Waals surface area contributed by atoms with Gasteiger partial charge in [0, 0.05) is 31.7 Å². The van der Waals surface area contributed by atoms with Gasteiger partial charge in [-0.3, -0.25) is 0 Å². The third-order valence-corrected chi connectivity index (χ3v) is 5.31. The quantitative estimate of drug-likeness (QED) is 0.455. The van der Waals surface area contributed by atoms with Crippen LogP contribution >= 0.6 is 0 Å². The number of hydrogen-bond donors (Lipinski definition) is 4. The van der Waals surface area contributed by atoms with Crippen LogP contribution in [0.5, 0.6) is 0 Å². The van der Waals surface area contributed by atoms with Crippen molar-refractivity contribution < 1.29 is 8.42 Å². The molecule has 0 saturated carbocycles. The summed E-state index contributed by atoms with van der Waals surface area (Å²) in [7, 11) is -1.66. The van der Waals surface area contributed by atoms with Crippen LogP contribution in [0.4, 0.5) is 17.5 Å². The summed E-state index contributed by atoms with van der Waals surface area (Å²) >= 11 is 0. The highest BCUT2D eigenvalue weighted by Crippen LogP contribution is 2.20. The van der Waals surface area contributed by atoms with Crippen molar-refractivity contribution >= 4 is 27.5 Å². The minimum absolute atomic E-state index is 0.201. The van der Waals surface area contributed by atoms with Crippen molar-refractivity contribution in [2.45, 2.75) is 17.7 Å². The molecule has 142 valence electrons. The summed E-state index contributed by atoms with van der Waals surface area (Å²) < 4.78 is 27.3.